The summed E-state index contributed by atoms with van der Waals surface area (Å²) in [6, 6.07) is 2.95. The van der Waals surface area contributed by atoms with Crippen LogP contribution in [0.2, 0.25) is 0 Å². The van der Waals surface area contributed by atoms with Gasteiger partial charge in [0.1, 0.15) is 10.6 Å². The largest absolute Gasteiger partial charge is 0.505 e. The summed E-state index contributed by atoms with van der Waals surface area (Å²) < 4.78 is 0. The molecule has 0 radical (unpaired) electrons. The molecule has 2 heterocycles. The van der Waals surface area contributed by atoms with Crippen molar-refractivity contribution in [2.24, 2.45) is 0 Å². The summed E-state index contributed by atoms with van der Waals surface area (Å²) in [7, 11) is 0. The molecule has 3 N–H and O–H groups in total. The predicted molar refractivity (Wildman–Crippen MR) is 69.9 cm³/mol. The molecular weight excluding hydrogens is 268 g/mol. The molecule has 19 heavy (non-hydrogen) atoms. The quantitative estimate of drug-likeness (QED) is 0.798. The molecule has 0 spiro atoms. The van der Waals surface area contributed by atoms with Crippen molar-refractivity contribution in [3.8, 4) is 5.75 Å². The van der Waals surface area contributed by atoms with E-state index in [0.29, 0.717) is 10.6 Å². The number of carbonyl (C=O) groups is 2. The summed E-state index contributed by atoms with van der Waals surface area (Å²) in [5.74, 6) is -1.78. The first-order valence-electron chi connectivity index (χ1n) is 5.27. The molecule has 98 valence electrons. The van der Waals surface area contributed by atoms with E-state index in [9.17, 15) is 14.7 Å². The van der Waals surface area contributed by atoms with Crippen LogP contribution in [0.5, 0.6) is 5.75 Å². The highest BCUT2D eigenvalue weighted by Gasteiger charge is 2.16. The first-order valence-corrected chi connectivity index (χ1v) is 6.08. The van der Waals surface area contributed by atoms with E-state index in [1.807, 2.05) is 0 Å². The van der Waals surface area contributed by atoms with Crippen LogP contribution in [0.15, 0.2) is 24.5 Å². The third-order valence-corrected chi connectivity index (χ3v) is 3.53. The Morgan fingerprint density at radius 1 is 1.42 bits per heavy atom. The van der Waals surface area contributed by atoms with E-state index < -0.39 is 11.9 Å². The Morgan fingerprint density at radius 3 is 2.74 bits per heavy atom. The highest BCUT2D eigenvalue weighted by molar-refractivity contribution is 7.18. The molecule has 0 unspecified atom stereocenters. The first kappa shape index (κ1) is 13.0. The van der Waals surface area contributed by atoms with E-state index in [1.54, 1.807) is 13.0 Å². The highest BCUT2D eigenvalue weighted by atomic mass is 32.1. The van der Waals surface area contributed by atoms with E-state index in [2.05, 4.69) is 10.3 Å². The number of hydrogen-bond acceptors (Lipinski definition) is 5. The lowest BCUT2D eigenvalue weighted by molar-refractivity contribution is 0.0701. The second kappa shape index (κ2) is 5.07. The fraction of sp³-hybridized carbons (Fsp3) is 0.0833. The van der Waals surface area contributed by atoms with Gasteiger partial charge in [-0.25, -0.2) is 4.79 Å². The SMILES string of the molecule is Cc1cc(NC(=O)c2ccncc2O)sc1C(=O)O. The number of aromatic carboxylic acids is 1. The average molecular weight is 278 g/mol. The Balaban J connectivity index is 2.22. The Morgan fingerprint density at radius 2 is 2.16 bits per heavy atom. The van der Waals surface area contributed by atoms with Crippen molar-refractivity contribution in [3.05, 3.63) is 40.5 Å². The lowest BCUT2D eigenvalue weighted by Gasteiger charge is -2.03. The van der Waals surface area contributed by atoms with Gasteiger partial charge in [-0.1, -0.05) is 0 Å². The number of rotatable bonds is 3. The number of aromatic hydroxyl groups is 1. The lowest BCUT2D eigenvalue weighted by atomic mass is 10.2. The zero-order valence-electron chi connectivity index (χ0n) is 9.88. The molecule has 2 aromatic rings. The monoisotopic (exact) mass is 278 g/mol. The highest BCUT2D eigenvalue weighted by Crippen LogP contribution is 2.27. The van der Waals surface area contributed by atoms with Gasteiger partial charge in [-0.3, -0.25) is 9.78 Å². The number of aryl methyl sites for hydroxylation is 1. The molecule has 0 fully saturated rings. The molecule has 0 aromatic carbocycles. The van der Waals surface area contributed by atoms with Crippen LogP contribution >= 0.6 is 11.3 Å². The van der Waals surface area contributed by atoms with Gasteiger partial charge in [0.2, 0.25) is 0 Å². The molecule has 0 aliphatic heterocycles. The molecular formula is C12H10N2O4S. The Hall–Kier alpha value is -2.41. The van der Waals surface area contributed by atoms with E-state index in [0.717, 1.165) is 17.5 Å². The van der Waals surface area contributed by atoms with Gasteiger partial charge >= 0.3 is 5.97 Å². The summed E-state index contributed by atoms with van der Waals surface area (Å²) in [6.45, 7) is 1.65. The van der Waals surface area contributed by atoms with Crippen molar-refractivity contribution in [1.29, 1.82) is 0 Å². The fourth-order valence-electron chi connectivity index (χ4n) is 1.51. The number of carbonyl (C=O) groups excluding carboxylic acids is 1. The molecule has 0 aliphatic rings. The maximum absolute atomic E-state index is 11.9. The molecule has 0 bridgehead atoms. The number of amides is 1. The first-order chi connectivity index (χ1) is 8.99. The average Bonchev–Trinajstić information content (AvgIpc) is 2.70. The van der Waals surface area contributed by atoms with Crippen LogP contribution in [0.3, 0.4) is 0 Å². The van der Waals surface area contributed by atoms with Gasteiger partial charge < -0.3 is 15.5 Å². The van der Waals surface area contributed by atoms with Crippen molar-refractivity contribution in [2.45, 2.75) is 6.92 Å². The minimum atomic E-state index is -1.03. The lowest BCUT2D eigenvalue weighted by Crippen LogP contribution is -2.11. The number of carboxylic acids is 1. The van der Waals surface area contributed by atoms with Crippen LogP contribution in [0.1, 0.15) is 25.6 Å². The molecule has 2 aromatic heterocycles. The van der Waals surface area contributed by atoms with Crippen molar-refractivity contribution in [2.75, 3.05) is 5.32 Å². The molecule has 2 rings (SSSR count). The predicted octanol–water partition coefficient (Wildman–Crippen LogP) is 2.11. The third-order valence-electron chi connectivity index (χ3n) is 2.39. The number of carboxylic acid groups (broad SMARTS) is 1. The smallest absolute Gasteiger partial charge is 0.346 e. The summed E-state index contributed by atoms with van der Waals surface area (Å²) >= 11 is 0.968. The molecule has 1 amide bonds. The van der Waals surface area contributed by atoms with E-state index in [4.69, 9.17) is 5.11 Å². The zero-order chi connectivity index (χ0) is 14.0. The van der Waals surface area contributed by atoms with Crippen LogP contribution < -0.4 is 5.32 Å². The molecule has 0 atom stereocenters. The van der Waals surface area contributed by atoms with Gasteiger partial charge in [0, 0.05) is 6.20 Å². The number of anilines is 1. The Labute approximate surface area is 112 Å². The molecule has 0 aliphatic carbocycles. The van der Waals surface area contributed by atoms with E-state index >= 15 is 0 Å². The van der Waals surface area contributed by atoms with Crippen molar-refractivity contribution in [3.63, 3.8) is 0 Å². The maximum Gasteiger partial charge on any atom is 0.346 e. The number of hydrogen-bond donors (Lipinski definition) is 3. The number of pyridine rings is 1. The van der Waals surface area contributed by atoms with Crippen molar-refractivity contribution >= 4 is 28.2 Å². The molecule has 0 saturated carbocycles. The summed E-state index contributed by atoms with van der Waals surface area (Å²) in [5.41, 5.74) is 0.657. The molecule has 0 saturated heterocycles. The summed E-state index contributed by atoms with van der Waals surface area (Å²) in [5, 5.41) is 21.4. The van der Waals surface area contributed by atoms with Crippen LogP contribution in [0.4, 0.5) is 5.00 Å². The number of nitrogens with one attached hydrogen (secondary N) is 1. The Kier molecular flexibility index (Phi) is 3.48. The van der Waals surface area contributed by atoms with Crippen molar-refractivity contribution < 1.29 is 19.8 Å². The minimum absolute atomic E-state index is 0.0814. The second-order valence-electron chi connectivity index (χ2n) is 3.77. The standard InChI is InChI=1S/C12H10N2O4S/c1-6-4-9(19-10(6)12(17)18)14-11(16)7-2-3-13-5-8(7)15/h2-5,15H,1H3,(H,14,16)(H,17,18). The van der Waals surface area contributed by atoms with Gasteiger partial charge in [-0.2, -0.15) is 0 Å². The number of nitrogens with zero attached hydrogens (tertiary/aromatic N) is 1. The van der Waals surface area contributed by atoms with Gasteiger partial charge in [-0.05, 0) is 24.6 Å². The summed E-state index contributed by atoms with van der Waals surface area (Å²) in [6.07, 6.45) is 2.55. The normalized spacial score (nSPS) is 10.2. The third kappa shape index (κ3) is 2.71. The van der Waals surface area contributed by atoms with Crippen LogP contribution in [-0.2, 0) is 0 Å². The number of thiophene rings is 1. The van der Waals surface area contributed by atoms with E-state index in [-0.39, 0.29) is 16.2 Å². The van der Waals surface area contributed by atoms with Crippen LogP contribution in [0.25, 0.3) is 0 Å². The topological polar surface area (TPSA) is 99.5 Å². The number of aromatic nitrogens is 1. The molecule has 7 heteroatoms. The van der Waals surface area contributed by atoms with E-state index in [1.165, 1.54) is 12.3 Å². The summed E-state index contributed by atoms with van der Waals surface area (Å²) in [4.78, 5) is 26.6. The Bertz CT molecular complexity index is 651. The van der Waals surface area contributed by atoms with Gasteiger partial charge in [0.05, 0.1) is 16.8 Å². The maximum atomic E-state index is 11.9. The van der Waals surface area contributed by atoms with Crippen LogP contribution in [-0.4, -0.2) is 27.1 Å². The molecule has 6 nitrogen and oxygen atoms in total. The van der Waals surface area contributed by atoms with Crippen LogP contribution in [0, 0.1) is 6.92 Å². The van der Waals surface area contributed by atoms with Gasteiger partial charge in [0.15, 0.2) is 0 Å². The van der Waals surface area contributed by atoms with Crippen molar-refractivity contribution in [1.82, 2.24) is 4.98 Å². The van der Waals surface area contributed by atoms with Gasteiger partial charge in [-0.15, -0.1) is 11.3 Å². The second-order valence-corrected chi connectivity index (χ2v) is 4.83. The van der Waals surface area contributed by atoms with Gasteiger partial charge in [0.25, 0.3) is 5.91 Å². The fourth-order valence-corrected chi connectivity index (χ4v) is 2.42. The zero-order valence-corrected chi connectivity index (χ0v) is 10.7. The minimum Gasteiger partial charge on any atom is -0.505 e.